The molecule has 1 aliphatic heterocycles. The Labute approximate surface area is 128 Å². The van der Waals surface area contributed by atoms with Gasteiger partial charge >= 0.3 is 0 Å². The molecule has 2 heterocycles. The minimum atomic E-state index is -0.365. The van der Waals surface area contributed by atoms with Gasteiger partial charge in [0.05, 0.1) is 17.3 Å². The first kappa shape index (κ1) is 14.4. The number of benzene rings is 1. The lowest BCUT2D eigenvalue weighted by Crippen LogP contribution is -2.31. The molecular weight excluding hydrogens is 280 g/mol. The molecule has 1 fully saturated rings. The number of pyridine rings is 1. The van der Waals surface area contributed by atoms with Crippen molar-refractivity contribution < 1.29 is 15.0 Å². The molecule has 5 nitrogen and oxygen atoms in total. The van der Waals surface area contributed by atoms with Gasteiger partial charge in [-0.05, 0) is 44.0 Å². The van der Waals surface area contributed by atoms with Crippen LogP contribution in [0.2, 0.25) is 0 Å². The number of likely N-dealkylation sites (tertiary alicyclic amines) is 1. The van der Waals surface area contributed by atoms with Crippen LogP contribution < -0.4 is 0 Å². The van der Waals surface area contributed by atoms with E-state index < -0.39 is 0 Å². The Kier molecular flexibility index (Phi) is 3.71. The van der Waals surface area contributed by atoms with E-state index >= 15 is 0 Å². The lowest BCUT2D eigenvalue weighted by Gasteiger charge is -2.25. The van der Waals surface area contributed by atoms with Crippen LogP contribution in [0.5, 0.6) is 11.5 Å². The Balaban J connectivity index is 1.93. The zero-order valence-electron chi connectivity index (χ0n) is 12.4. The molecule has 0 bridgehead atoms. The molecule has 114 valence electrons. The number of hydrogen-bond donors (Lipinski definition) is 2. The fraction of sp³-hybridized carbons (Fsp3) is 0.294. The maximum absolute atomic E-state index is 12.7. The maximum atomic E-state index is 12.7. The van der Waals surface area contributed by atoms with Crippen LogP contribution in [-0.4, -0.2) is 32.5 Å². The molecule has 5 heteroatoms. The molecule has 2 N–H and O–H groups in total. The summed E-state index contributed by atoms with van der Waals surface area (Å²) in [5, 5.41) is 19.5. The van der Waals surface area contributed by atoms with Crippen LogP contribution in [-0.2, 0) is 0 Å². The van der Waals surface area contributed by atoms with Crippen molar-refractivity contribution in [1.29, 1.82) is 0 Å². The van der Waals surface area contributed by atoms with Crippen LogP contribution in [0.4, 0.5) is 0 Å². The fourth-order valence-electron chi connectivity index (χ4n) is 2.93. The Hall–Kier alpha value is -2.56. The highest BCUT2D eigenvalue weighted by molar-refractivity contribution is 5.98. The molecule has 1 saturated heterocycles. The number of phenolic OH excluding ortho intramolecular Hbond substituents is 2. The third-order valence-corrected chi connectivity index (χ3v) is 4.01. The number of nitrogens with zero attached hydrogens (tertiary/aromatic N) is 2. The van der Waals surface area contributed by atoms with E-state index in [9.17, 15) is 15.0 Å². The number of para-hydroxylation sites is 1. The van der Waals surface area contributed by atoms with Crippen LogP contribution in [0.3, 0.4) is 0 Å². The van der Waals surface area contributed by atoms with Crippen LogP contribution in [0.25, 0.3) is 0 Å². The number of rotatable bonds is 2. The summed E-state index contributed by atoms with van der Waals surface area (Å²) in [7, 11) is 0. The first-order valence-corrected chi connectivity index (χ1v) is 7.33. The molecule has 0 aliphatic carbocycles. The summed E-state index contributed by atoms with van der Waals surface area (Å²) in [6.45, 7) is 2.54. The second-order valence-corrected chi connectivity index (χ2v) is 5.53. The summed E-state index contributed by atoms with van der Waals surface area (Å²) in [4.78, 5) is 18.9. The van der Waals surface area contributed by atoms with Crippen molar-refractivity contribution in [3.8, 4) is 11.5 Å². The zero-order valence-corrected chi connectivity index (χ0v) is 12.4. The van der Waals surface area contributed by atoms with Crippen molar-refractivity contribution in [2.24, 2.45) is 0 Å². The van der Waals surface area contributed by atoms with E-state index in [4.69, 9.17) is 0 Å². The Morgan fingerprint density at radius 3 is 2.77 bits per heavy atom. The first-order chi connectivity index (χ1) is 10.6. The summed E-state index contributed by atoms with van der Waals surface area (Å²) in [5.41, 5.74) is 1.90. The van der Waals surface area contributed by atoms with Gasteiger partial charge in [0.15, 0.2) is 11.5 Å². The molecule has 0 spiro atoms. The van der Waals surface area contributed by atoms with Crippen molar-refractivity contribution in [3.05, 3.63) is 53.3 Å². The monoisotopic (exact) mass is 298 g/mol. The highest BCUT2D eigenvalue weighted by atomic mass is 16.3. The van der Waals surface area contributed by atoms with E-state index in [0.717, 1.165) is 24.2 Å². The predicted molar refractivity (Wildman–Crippen MR) is 81.8 cm³/mol. The largest absolute Gasteiger partial charge is 0.504 e. The molecule has 3 rings (SSSR count). The summed E-state index contributed by atoms with van der Waals surface area (Å²) in [5.74, 6) is -0.926. The number of carbonyl (C=O) groups is 1. The lowest BCUT2D eigenvalue weighted by atomic mass is 10.1. The summed E-state index contributed by atoms with van der Waals surface area (Å²) < 4.78 is 0. The van der Waals surface area contributed by atoms with Gasteiger partial charge < -0.3 is 15.1 Å². The third kappa shape index (κ3) is 2.50. The van der Waals surface area contributed by atoms with Gasteiger partial charge in [0.2, 0.25) is 0 Å². The second kappa shape index (κ2) is 5.67. The molecular formula is C17H18N2O3. The molecule has 1 amide bonds. The zero-order chi connectivity index (χ0) is 15.7. The normalized spacial score (nSPS) is 17.7. The molecule has 0 saturated carbocycles. The molecule has 0 unspecified atom stereocenters. The average molecular weight is 298 g/mol. The van der Waals surface area contributed by atoms with Gasteiger partial charge in [-0.25, -0.2) is 0 Å². The quantitative estimate of drug-likeness (QED) is 0.836. The summed E-state index contributed by atoms with van der Waals surface area (Å²) >= 11 is 0. The van der Waals surface area contributed by atoms with Gasteiger partial charge in [-0.2, -0.15) is 0 Å². The smallest absolute Gasteiger partial charge is 0.258 e. The van der Waals surface area contributed by atoms with E-state index in [1.807, 2.05) is 25.1 Å². The Morgan fingerprint density at radius 1 is 1.23 bits per heavy atom. The Morgan fingerprint density at radius 2 is 2.00 bits per heavy atom. The number of aromatic hydroxyl groups is 2. The van der Waals surface area contributed by atoms with Crippen LogP contribution >= 0.6 is 0 Å². The molecule has 22 heavy (non-hydrogen) atoms. The van der Waals surface area contributed by atoms with Crippen molar-refractivity contribution in [3.63, 3.8) is 0 Å². The van der Waals surface area contributed by atoms with E-state index in [1.54, 1.807) is 11.0 Å². The Bertz CT molecular complexity index is 715. The number of hydrogen-bond acceptors (Lipinski definition) is 4. The maximum Gasteiger partial charge on any atom is 0.258 e. The number of amides is 1. The summed E-state index contributed by atoms with van der Waals surface area (Å²) in [6.07, 6.45) is 1.74. The molecule has 1 aromatic carbocycles. The predicted octanol–water partition coefficient (Wildman–Crippen LogP) is 2.78. The van der Waals surface area contributed by atoms with Crippen molar-refractivity contribution in [1.82, 2.24) is 9.88 Å². The van der Waals surface area contributed by atoms with Gasteiger partial charge in [0.1, 0.15) is 0 Å². The second-order valence-electron chi connectivity index (χ2n) is 5.53. The third-order valence-electron chi connectivity index (χ3n) is 4.01. The topological polar surface area (TPSA) is 73.7 Å². The average Bonchev–Trinajstić information content (AvgIpc) is 2.99. The molecule has 0 radical (unpaired) electrons. The van der Waals surface area contributed by atoms with Gasteiger partial charge in [0, 0.05) is 12.2 Å². The SMILES string of the molecule is Cc1cccc([C@H]2CCCN2C(=O)c2cccc(O)c2O)n1. The number of aryl methyl sites for hydroxylation is 1. The lowest BCUT2D eigenvalue weighted by molar-refractivity contribution is 0.0729. The first-order valence-electron chi connectivity index (χ1n) is 7.33. The van der Waals surface area contributed by atoms with E-state index in [-0.39, 0.29) is 29.0 Å². The minimum absolute atomic E-state index is 0.0888. The molecule has 1 aromatic heterocycles. The van der Waals surface area contributed by atoms with Gasteiger partial charge in [-0.1, -0.05) is 12.1 Å². The highest BCUT2D eigenvalue weighted by Crippen LogP contribution is 2.35. The molecule has 1 atom stereocenters. The van der Waals surface area contributed by atoms with Gasteiger partial charge in [-0.3, -0.25) is 9.78 Å². The van der Waals surface area contributed by atoms with Crippen LogP contribution in [0.15, 0.2) is 36.4 Å². The number of aromatic nitrogens is 1. The minimum Gasteiger partial charge on any atom is -0.504 e. The van der Waals surface area contributed by atoms with Crippen LogP contribution in [0, 0.1) is 6.92 Å². The highest BCUT2D eigenvalue weighted by Gasteiger charge is 2.32. The van der Waals surface area contributed by atoms with Gasteiger partial charge in [0.25, 0.3) is 5.91 Å². The van der Waals surface area contributed by atoms with Crippen molar-refractivity contribution >= 4 is 5.91 Å². The van der Waals surface area contributed by atoms with E-state index in [2.05, 4.69) is 4.98 Å². The molecule has 1 aliphatic rings. The van der Waals surface area contributed by atoms with E-state index in [0.29, 0.717) is 6.54 Å². The number of carbonyl (C=O) groups excluding carboxylic acids is 1. The van der Waals surface area contributed by atoms with E-state index in [1.165, 1.54) is 12.1 Å². The standard InChI is InChI=1S/C17H18N2O3/c1-11-5-2-7-13(18-11)14-8-4-10-19(14)17(22)12-6-3-9-15(20)16(12)21/h2-3,5-7,9,14,20-21H,4,8,10H2,1H3/t14-/m1/s1. The van der Waals surface area contributed by atoms with Crippen LogP contribution in [0.1, 0.15) is 40.6 Å². The van der Waals surface area contributed by atoms with Crippen molar-refractivity contribution in [2.75, 3.05) is 6.54 Å². The summed E-state index contributed by atoms with van der Waals surface area (Å²) in [6, 6.07) is 10.1. The fourth-order valence-corrected chi connectivity index (χ4v) is 2.93. The van der Waals surface area contributed by atoms with Crippen molar-refractivity contribution in [2.45, 2.75) is 25.8 Å². The number of phenols is 2. The molecule has 2 aromatic rings. The van der Waals surface area contributed by atoms with Gasteiger partial charge in [-0.15, -0.1) is 0 Å².